The third-order valence-corrected chi connectivity index (χ3v) is 9.58. The number of nitrogens with one attached hydrogen (secondary N) is 2. The molecule has 4 rings (SSSR count). The average Bonchev–Trinajstić information content (AvgIpc) is 3.03. The van der Waals surface area contributed by atoms with Gasteiger partial charge in [0, 0.05) is 36.8 Å². The Morgan fingerprint density at radius 3 is 2.49 bits per heavy atom. The number of ether oxygens (including phenoxy) is 1. The number of amides is 1. The number of hydrogen-bond donors (Lipinski definition) is 3. The van der Waals surface area contributed by atoms with E-state index in [1.54, 1.807) is 26.2 Å². The Kier molecular flexibility index (Phi) is 12.7. The van der Waals surface area contributed by atoms with E-state index in [2.05, 4.69) is 15.8 Å². The van der Waals surface area contributed by atoms with Gasteiger partial charge in [-0.25, -0.2) is 17.2 Å². The van der Waals surface area contributed by atoms with Gasteiger partial charge in [-0.05, 0) is 86.2 Å². The van der Waals surface area contributed by atoms with Crippen LogP contribution in [0.1, 0.15) is 60.2 Å². The summed E-state index contributed by atoms with van der Waals surface area (Å²) in [4.78, 5) is 19.2. The lowest BCUT2D eigenvalue weighted by Gasteiger charge is -2.29. The maximum atomic E-state index is 14.1. The smallest absolute Gasteiger partial charge is 0.251 e. The summed E-state index contributed by atoms with van der Waals surface area (Å²) in [6, 6.07) is 14.2. The van der Waals surface area contributed by atoms with E-state index in [4.69, 9.17) is 9.57 Å². The van der Waals surface area contributed by atoms with Crippen molar-refractivity contribution in [1.29, 1.82) is 0 Å². The molecule has 254 valence electrons. The largest absolute Gasteiger partial charge is 0.497 e. The van der Waals surface area contributed by atoms with Crippen LogP contribution in [0.3, 0.4) is 0 Å². The number of carbonyl (C=O) groups excluding carboxylic acids is 1. The minimum atomic E-state index is -3.60. The highest BCUT2D eigenvalue weighted by molar-refractivity contribution is 7.92. The molecule has 47 heavy (non-hydrogen) atoms. The van der Waals surface area contributed by atoms with E-state index in [-0.39, 0.29) is 36.4 Å². The standard InChI is InChI=1S/C34H42F2N4O6S/c1-4-11-46-39-23(2)26-17-27(19-30(18-26)40-10-5-6-12-47(40,43)44)34(42)38-32(16-25-13-28(35)20-29(36)14-25)33(41)22-37-21-24-8-7-9-31(15-24)45-3/h7-9,13-15,17-20,32-33,37,41H,4-6,10-12,16,21-22H2,1-3H3,(H,38,42)/t32-,33+/m0/s1. The van der Waals surface area contributed by atoms with Crippen molar-refractivity contribution in [2.75, 3.05) is 36.9 Å². The lowest BCUT2D eigenvalue weighted by molar-refractivity contribution is 0.0829. The van der Waals surface area contributed by atoms with Gasteiger partial charge in [0.2, 0.25) is 10.0 Å². The fraction of sp³-hybridized carbons (Fsp3) is 0.412. The first-order chi connectivity index (χ1) is 22.5. The normalized spacial score (nSPS) is 16.0. The van der Waals surface area contributed by atoms with Crippen molar-refractivity contribution in [3.8, 4) is 5.75 Å². The van der Waals surface area contributed by atoms with E-state index in [1.807, 2.05) is 31.2 Å². The van der Waals surface area contributed by atoms with Crippen LogP contribution >= 0.6 is 0 Å². The summed E-state index contributed by atoms with van der Waals surface area (Å²) < 4.78 is 60.7. The van der Waals surface area contributed by atoms with Crippen LogP contribution in [0.5, 0.6) is 5.75 Å². The van der Waals surface area contributed by atoms with Crippen LogP contribution in [0.2, 0.25) is 0 Å². The number of hydrogen-bond acceptors (Lipinski definition) is 8. The van der Waals surface area contributed by atoms with Gasteiger partial charge in [0.15, 0.2) is 0 Å². The quantitative estimate of drug-likeness (QED) is 0.123. The monoisotopic (exact) mass is 672 g/mol. The maximum Gasteiger partial charge on any atom is 0.251 e. The second kappa shape index (κ2) is 16.7. The number of benzene rings is 3. The SMILES string of the molecule is CCCON=C(C)c1cc(C(=O)N[C@@H](Cc2cc(F)cc(F)c2)[C@H](O)CNCc2cccc(OC)c2)cc(N2CCCCS2(=O)=O)c1. The Labute approximate surface area is 274 Å². The van der Waals surface area contributed by atoms with Gasteiger partial charge < -0.3 is 25.3 Å². The predicted octanol–water partition coefficient (Wildman–Crippen LogP) is 4.55. The van der Waals surface area contributed by atoms with Crippen LogP contribution in [0.25, 0.3) is 0 Å². The van der Waals surface area contributed by atoms with Crippen LogP contribution < -0.4 is 19.7 Å². The minimum Gasteiger partial charge on any atom is -0.497 e. The topological polar surface area (TPSA) is 130 Å². The molecule has 3 aromatic carbocycles. The molecule has 3 N–H and O–H groups in total. The van der Waals surface area contributed by atoms with Crippen molar-refractivity contribution < 1.29 is 36.7 Å². The second-order valence-corrected chi connectivity index (χ2v) is 13.5. The molecule has 10 nitrogen and oxygen atoms in total. The molecule has 0 radical (unpaired) electrons. The molecule has 2 atom stereocenters. The van der Waals surface area contributed by atoms with E-state index >= 15 is 0 Å². The summed E-state index contributed by atoms with van der Waals surface area (Å²) in [5, 5.41) is 21.4. The van der Waals surface area contributed by atoms with Gasteiger partial charge in [-0.1, -0.05) is 24.2 Å². The number of oxime groups is 1. The Bertz CT molecular complexity index is 1650. The van der Waals surface area contributed by atoms with Crippen LogP contribution in [-0.4, -0.2) is 69.8 Å². The summed E-state index contributed by atoms with van der Waals surface area (Å²) >= 11 is 0. The highest BCUT2D eigenvalue weighted by Crippen LogP contribution is 2.27. The lowest BCUT2D eigenvalue weighted by Crippen LogP contribution is -2.48. The first-order valence-corrected chi connectivity index (χ1v) is 17.2. The number of rotatable bonds is 15. The summed E-state index contributed by atoms with van der Waals surface area (Å²) in [6.07, 6.45) is 0.694. The molecule has 0 bridgehead atoms. The number of anilines is 1. The summed E-state index contributed by atoms with van der Waals surface area (Å²) in [5.74, 6) is -1.50. The second-order valence-electron chi connectivity index (χ2n) is 11.5. The zero-order chi connectivity index (χ0) is 34.0. The van der Waals surface area contributed by atoms with Gasteiger partial charge in [-0.15, -0.1) is 0 Å². The van der Waals surface area contributed by atoms with Gasteiger partial charge in [0.1, 0.15) is 24.0 Å². The molecule has 0 aromatic heterocycles. The first kappa shape index (κ1) is 35.8. The number of methoxy groups -OCH3 is 1. The Hall–Kier alpha value is -4.07. The molecule has 3 aromatic rings. The van der Waals surface area contributed by atoms with Gasteiger partial charge in [0.05, 0.1) is 36.4 Å². The molecule has 0 unspecified atom stereocenters. The Morgan fingerprint density at radius 1 is 1.04 bits per heavy atom. The molecule has 0 spiro atoms. The Morgan fingerprint density at radius 2 is 1.79 bits per heavy atom. The van der Waals surface area contributed by atoms with Crippen molar-refractivity contribution in [3.63, 3.8) is 0 Å². The third kappa shape index (κ3) is 10.2. The van der Waals surface area contributed by atoms with Gasteiger partial charge in [-0.3, -0.25) is 9.10 Å². The summed E-state index contributed by atoms with van der Waals surface area (Å²) in [7, 11) is -2.04. The molecular formula is C34H42F2N4O6S. The molecule has 1 saturated heterocycles. The molecule has 1 fully saturated rings. The number of aliphatic hydroxyl groups excluding tert-OH is 1. The van der Waals surface area contributed by atoms with E-state index in [1.165, 1.54) is 10.4 Å². The number of halogens is 2. The van der Waals surface area contributed by atoms with Crippen molar-refractivity contribution in [2.45, 2.75) is 58.2 Å². The van der Waals surface area contributed by atoms with Crippen LogP contribution in [0, 0.1) is 11.6 Å². The molecule has 1 aliphatic heterocycles. The molecule has 1 heterocycles. The summed E-state index contributed by atoms with van der Waals surface area (Å²) in [6.45, 7) is 4.71. The summed E-state index contributed by atoms with van der Waals surface area (Å²) in [5.41, 5.74) is 2.49. The van der Waals surface area contributed by atoms with Gasteiger partial charge in [0.25, 0.3) is 5.91 Å². The minimum absolute atomic E-state index is 0.00728. The van der Waals surface area contributed by atoms with Gasteiger partial charge >= 0.3 is 0 Å². The fourth-order valence-electron chi connectivity index (χ4n) is 5.27. The van der Waals surface area contributed by atoms with Crippen molar-refractivity contribution in [2.24, 2.45) is 5.16 Å². The molecule has 0 saturated carbocycles. The molecule has 0 aliphatic carbocycles. The molecular weight excluding hydrogens is 630 g/mol. The number of aliphatic hydroxyl groups is 1. The molecule has 13 heteroatoms. The van der Waals surface area contributed by atoms with Crippen molar-refractivity contribution in [1.82, 2.24) is 10.6 Å². The maximum absolute atomic E-state index is 14.1. The average molecular weight is 673 g/mol. The van der Waals surface area contributed by atoms with Crippen molar-refractivity contribution in [3.05, 3.63) is 94.6 Å². The fourth-order valence-corrected chi connectivity index (χ4v) is 6.89. The Balaban J connectivity index is 1.62. The first-order valence-electron chi connectivity index (χ1n) is 15.6. The van der Waals surface area contributed by atoms with E-state index < -0.39 is 39.7 Å². The van der Waals surface area contributed by atoms with E-state index in [9.17, 15) is 27.1 Å². The number of carbonyl (C=O) groups is 1. The molecule has 1 aliphatic rings. The van der Waals surface area contributed by atoms with Gasteiger partial charge in [-0.2, -0.15) is 0 Å². The predicted molar refractivity (Wildman–Crippen MR) is 177 cm³/mol. The highest BCUT2D eigenvalue weighted by Gasteiger charge is 2.28. The van der Waals surface area contributed by atoms with Crippen LogP contribution in [-0.2, 0) is 27.8 Å². The van der Waals surface area contributed by atoms with Crippen LogP contribution in [0.4, 0.5) is 14.5 Å². The number of sulfonamides is 1. The molecule has 1 amide bonds. The third-order valence-electron chi connectivity index (χ3n) is 7.71. The highest BCUT2D eigenvalue weighted by atomic mass is 32.2. The van der Waals surface area contributed by atoms with Crippen LogP contribution in [0.15, 0.2) is 65.8 Å². The number of nitrogens with zero attached hydrogens (tertiary/aromatic N) is 2. The zero-order valence-corrected chi connectivity index (χ0v) is 27.7. The van der Waals surface area contributed by atoms with Crippen molar-refractivity contribution >= 4 is 27.3 Å². The van der Waals surface area contributed by atoms with E-state index in [0.717, 1.165) is 30.2 Å². The lowest BCUT2D eigenvalue weighted by atomic mass is 9.99. The zero-order valence-electron chi connectivity index (χ0n) is 26.8. The van der Waals surface area contributed by atoms with E-state index in [0.29, 0.717) is 48.7 Å².